The second-order valence-electron chi connectivity index (χ2n) is 8.59. The number of ether oxygens (including phenoxy) is 1. The number of alkyl halides is 6. The number of aromatic nitrogens is 2. The molecule has 1 fully saturated rings. The quantitative estimate of drug-likeness (QED) is 0.363. The Bertz CT molecular complexity index is 1290. The van der Waals surface area contributed by atoms with Gasteiger partial charge in [-0.15, -0.1) is 0 Å². The van der Waals surface area contributed by atoms with E-state index in [0.29, 0.717) is 55.0 Å². The molecular formula is C25H21ClF6N4O2. The maximum absolute atomic E-state index is 13.4. The Kier molecular flexibility index (Phi) is 7.84. The molecule has 0 unspecified atom stereocenters. The van der Waals surface area contributed by atoms with Gasteiger partial charge in [-0.1, -0.05) is 29.8 Å². The lowest BCUT2D eigenvalue weighted by Crippen LogP contribution is -2.37. The molecule has 4 rings (SSSR count). The highest BCUT2D eigenvalue weighted by atomic mass is 35.5. The summed E-state index contributed by atoms with van der Waals surface area (Å²) >= 11 is 6.37. The lowest BCUT2D eigenvalue weighted by molar-refractivity contribution is -0.143. The maximum atomic E-state index is 13.4. The molecule has 1 amide bonds. The van der Waals surface area contributed by atoms with Gasteiger partial charge in [0.05, 0.1) is 35.6 Å². The van der Waals surface area contributed by atoms with E-state index in [4.69, 9.17) is 16.3 Å². The van der Waals surface area contributed by atoms with Crippen LogP contribution in [0.25, 0.3) is 11.3 Å². The Balaban J connectivity index is 1.71. The van der Waals surface area contributed by atoms with E-state index >= 15 is 0 Å². The van der Waals surface area contributed by atoms with Crippen molar-refractivity contribution < 1.29 is 35.9 Å². The molecule has 202 valence electrons. The molecule has 1 aliphatic rings. The first-order chi connectivity index (χ1) is 17.8. The van der Waals surface area contributed by atoms with Gasteiger partial charge in [-0.25, -0.2) is 9.97 Å². The van der Waals surface area contributed by atoms with Crippen molar-refractivity contribution in [3.8, 4) is 11.3 Å². The number of carbonyl (C=O) groups excluding carboxylic acids is 1. The van der Waals surface area contributed by atoms with Crippen LogP contribution in [0.5, 0.6) is 0 Å². The summed E-state index contributed by atoms with van der Waals surface area (Å²) in [6, 6.07) is 7.85. The zero-order valence-electron chi connectivity index (χ0n) is 19.9. The van der Waals surface area contributed by atoms with Gasteiger partial charge in [-0.3, -0.25) is 4.79 Å². The summed E-state index contributed by atoms with van der Waals surface area (Å²) in [5.41, 5.74) is -2.67. The van der Waals surface area contributed by atoms with Gasteiger partial charge in [0.15, 0.2) is 0 Å². The minimum Gasteiger partial charge on any atom is -0.378 e. The van der Waals surface area contributed by atoms with Crippen LogP contribution >= 0.6 is 11.6 Å². The summed E-state index contributed by atoms with van der Waals surface area (Å²) in [6.07, 6.45) is -8.72. The molecule has 0 N–H and O–H groups in total. The molecule has 0 bridgehead atoms. The van der Waals surface area contributed by atoms with Gasteiger partial charge in [0.25, 0.3) is 5.91 Å². The number of morpholine rings is 1. The number of rotatable bonds is 5. The van der Waals surface area contributed by atoms with E-state index in [1.807, 2.05) is 4.90 Å². The number of carbonyl (C=O) groups is 1. The molecular weight excluding hydrogens is 538 g/mol. The Morgan fingerprint density at radius 3 is 2.21 bits per heavy atom. The summed E-state index contributed by atoms with van der Waals surface area (Å²) in [5, 5.41) is 0.295. The van der Waals surface area contributed by atoms with E-state index in [1.54, 1.807) is 24.3 Å². The molecule has 0 radical (unpaired) electrons. The van der Waals surface area contributed by atoms with E-state index in [-0.39, 0.29) is 22.9 Å². The lowest BCUT2D eigenvalue weighted by Gasteiger charge is -2.27. The fourth-order valence-electron chi connectivity index (χ4n) is 3.97. The van der Waals surface area contributed by atoms with Crippen molar-refractivity contribution >= 4 is 23.5 Å². The third kappa shape index (κ3) is 6.18. The Labute approximate surface area is 218 Å². The van der Waals surface area contributed by atoms with Crippen molar-refractivity contribution in [3.05, 3.63) is 75.9 Å². The molecule has 2 heterocycles. The highest BCUT2D eigenvalue weighted by molar-refractivity contribution is 6.33. The second kappa shape index (κ2) is 10.8. The molecule has 3 aromatic rings. The van der Waals surface area contributed by atoms with Gasteiger partial charge in [0, 0.05) is 43.5 Å². The van der Waals surface area contributed by atoms with Crippen molar-refractivity contribution in [2.45, 2.75) is 18.9 Å². The summed E-state index contributed by atoms with van der Waals surface area (Å²) in [4.78, 5) is 25.2. The predicted octanol–water partition coefficient (Wildman–Crippen LogP) is 5.94. The largest absolute Gasteiger partial charge is 0.416 e. The highest BCUT2D eigenvalue weighted by Gasteiger charge is 2.37. The standard InChI is InChI=1S/C25H21ClF6N4O2/c1-35(14-15-10-16(24(27,28)29)12-17(11-15)25(30,31)32)22(37)19-13-33-23(36-6-8-38-9-7-36)34-21(19)18-4-2-3-5-20(18)26/h2-5,10-13H,6-9,14H2,1H3. The molecule has 1 aliphatic heterocycles. The molecule has 0 saturated carbocycles. The normalized spacial score (nSPS) is 14.5. The average Bonchev–Trinajstić information content (AvgIpc) is 2.87. The van der Waals surface area contributed by atoms with E-state index in [0.717, 1.165) is 4.90 Å². The number of anilines is 1. The monoisotopic (exact) mass is 558 g/mol. The Hall–Kier alpha value is -3.38. The van der Waals surface area contributed by atoms with Gasteiger partial charge in [0.2, 0.25) is 5.95 Å². The van der Waals surface area contributed by atoms with Crippen LogP contribution in [0.1, 0.15) is 27.0 Å². The van der Waals surface area contributed by atoms with Crippen LogP contribution in [0.4, 0.5) is 32.3 Å². The third-order valence-corrected chi connectivity index (χ3v) is 6.17. The van der Waals surface area contributed by atoms with Gasteiger partial charge >= 0.3 is 12.4 Å². The zero-order valence-corrected chi connectivity index (χ0v) is 20.7. The number of halogens is 7. The second-order valence-corrected chi connectivity index (χ2v) is 8.99. The van der Waals surface area contributed by atoms with E-state index in [2.05, 4.69) is 9.97 Å². The topological polar surface area (TPSA) is 58.6 Å². The van der Waals surface area contributed by atoms with Crippen LogP contribution in [-0.4, -0.2) is 54.1 Å². The molecule has 0 atom stereocenters. The van der Waals surface area contributed by atoms with Crippen molar-refractivity contribution in [2.75, 3.05) is 38.3 Å². The van der Waals surface area contributed by atoms with Crippen molar-refractivity contribution in [1.29, 1.82) is 0 Å². The molecule has 0 aliphatic carbocycles. The third-order valence-electron chi connectivity index (χ3n) is 5.84. The van der Waals surface area contributed by atoms with Crippen LogP contribution in [0.2, 0.25) is 5.02 Å². The molecule has 1 saturated heterocycles. The van der Waals surface area contributed by atoms with Gasteiger partial charge in [0.1, 0.15) is 0 Å². The minimum absolute atomic E-state index is 0.0133. The zero-order chi connectivity index (χ0) is 27.7. The molecule has 13 heteroatoms. The Morgan fingerprint density at radius 1 is 1.03 bits per heavy atom. The number of nitrogens with zero attached hydrogens (tertiary/aromatic N) is 4. The van der Waals surface area contributed by atoms with Crippen molar-refractivity contribution in [2.24, 2.45) is 0 Å². The van der Waals surface area contributed by atoms with Crippen molar-refractivity contribution in [3.63, 3.8) is 0 Å². The highest BCUT2D eigenvalue weighted by Crippen LogP contribution is 2.37. The van der Waals surface area contributed by atoms with Gasteiger partial charge < -0.3 is 14.5 Å². The summed E-state index contributed by atoms with van der Waals surface area (Å²) in [7, 11) is 1.27. The number of amides is 1. The fourth-order valence-corrected chi connectivity index (χ4v) is 4.19. The van der Waals surface area contributed by atoms with Gasteiger partial charge in [-0.2, -0.15) is 26.3 Å². The Morgan fingerprint density at radius 2 is 1.63 bits per heavy atom. The first-order valence-electron chi connectivity index (χ1n) is 11.3. The molecule has 2 aromatic carbocycles. The minimum atomic E-state index is -5.00. The molecule has 6 nitrogen and oxygen atoms in total. The van der Waals surface area contributed by atoms with Crippen LogP contribution < -0.4 is 4.90 Å². The van der Waals surface area contributed by atoms with Crippen molar-refractivity contribution in [1.82, 2.24) is 14.9 Å². The average molecular weight is 559 g/mol. The number of hydrogen-bond acceptors (Lipinski definition) is 5. The van der Waals surface area contributed by atoms with E-state index in [9.17, 15) is 31.1 Å². The van der Waals surface area contributed by atoms with Crippen LogP contribution in [0.3, 0.4) is 0 Å². The first-order valence-corrected chi connectivity index (χ1v) is 11.7. The lowest BCUT2D eigenvalue weighted by atomic mass is 10.0. The molecule has 1 aromatic heterocycles. The van der Waals surface area contributed by atoms with Crippen LogP contribution in [0, 0.1) is 0 Å². The molecule has 0 spiro atoms. The number of benzene rings is 2. The predicted molar refractivity (Wildman–Crippen MR) is 128 cm³/mol. The van der Waals surface area contributed by atoms with Crippen LogP contribution in [-0.2, 0) is 23.6 Å². The summed E-state index contributed by atoms with van der Waals surface area (Å²) < 4.78 is 85.0. The smallest absolute Gasteiger partial charge is 0.378 e. The number of hydrogen-bond donors (Lipinski definition) is 0. The van der Waals surface area contributed by atoms with Crippen LogP contribution in [0.15, 0.2) is 48.7 Å². The van der Waals surface area contributed by atoms with Gasteiger partial charge in [-0.05, 0) is 29.8 Å². The van der Waals surface area contributed by atoms with E-state index < -0.39 is 35.9 Å². The fraction of sp³-hybridized carbons (Fsp3) is 0.320. The summed E-state index contributed by atoms with van der Waals surface area (Å²) in [5.74, 6) is -0.380. The SMILES string of the molecule is CN(Cc1cc(C(F)(F)F)cc(C(F)(F)F)c1)C(=O)c1cnc(N2CCOCC2)nc1-c1ccccc1Cl. The van der Waals surface area contributed by atoms with E-state index in [1.165, 1.54) is 13.2 Å². The summed E-state index contributed by atoms with van der Waals surface area (Å²) in [6.45, 7) is 1.44. The molecule has 38 heavy (non-hydrogen) atoms. The maximum Gasteiger partial charge on any atom is 0.416 e. The first kappa shape index (κ1) is 27.6.